The summed E-state index contributed by atoms with van der Waals surface area (Å²) in [7, 11) is 0. The molecule has 0 fully saturated rings. The number of benzene rings is 1. The highest BCUT2D eigenvalue weighted by Gasteiger charge is 2.14. The van der Waals surface area contributed by atoms with E-state index in [9.17, 15) is 0 Å². The molecule has 1 rings (SSSR count). The normalized spacial score (nSPS) is 13.1. The molecule has 1 aromatic carbocycles. The zero-order valence-corrected chi connectivity index (χ0v) is 10.9. The van der Waals surface area contributed by atoms with E-state index >= 15 is 0 Å². The monoisotopic (exact) mass is 260 g/mol. The van der Waals surface area contributed by atoms with Crippen molar-refractivity contribution in [3.63, 3.8) is 0 Å². The predicted molar refractivity (Wildman–Crippen MR) is 70.9 cm³/mol. The second kappa shape index (κ2) is 6.45. The van der Waals surface area contributed by atoms with Gasteiger partial charge in [0, 0.05) is 0 Å². The van der Waals surface area contributed by atoms with Gasteiger partial charge in [0.15, 0.2) is 0 Å². The van der Waals surface area contributed by atoms with Crippen molar-refractivity contribution in [2.75, 3.05) is 13.1 Å². The van der Waals surface area contributed by atoms with Gasteiger partial charge in [0.25, 0.3) is 0 Å². The van der Waals surface area contributed by atoms with Gasteiger partial charge in [-0.3, -0.25) is 0 Å². The van der Waals surface area contributed by atoms with Crippen LogP contribution in [0.25, 0.3) is 0 Å². The molecule has 16 heavy (non-hydrogen) atoms. The van der Waals surface area contributed by atoms with Gasteiger partial charge >= 0.3 is 0 Å². The fraction of sp³-hybridized carbons (Fsp3) is 0.500. The molecule has 0 saturated carbocycles. The van der Waals surface area contributed by atoms with Crippen LogP contribution in [-0.4, -0.2) is 13.1 Å². The molecule has 0 aliphatic carbocycles. The molecular weight excluding hydrogens is 243 g/mol. The minimum atomic E-state index is 0.356. The first-order chi connectivity index (χ1) is 7.58. The summed E-state index contributed by atoms with van der Waals surface area (Å²) in [6, 6.07) is 5.73. The number of rotatable bonds is 5. The molecule has 1 unspecified atom stereocenters. The fourth-order valence-corrected chi connectivity index (χ4v) is 2.09. The van der Waals surface area contributed by atoms with Gasteiger partial charge in [-0.25, -0.2) is 0 Å². The lowest BCUT2D eigenvalue weighted by Gasteiger charge is -2.20. The summed E-state index contributed by atoms with van der Waals surface area (Å²) in [5, 5.41) is 1.19. The molecule has 0 radical (unpaired) electrons. The van der Waals surface area contributed by atoms with Crippen LogP contribution < -0.4 is 11.5 Å². The third-order valence-electron chi connectivity index (χ3n) is 2.95. The first-order valence-corrected chi connectivity index (χ1v) is 6.18. The van der Waals surface area contributed by atoms with E-state index in [1.54, 1.807) is 0 Å². The largest absolute Gasteiger partial charge is 0.330 e. The third kappa shape index (κ3) is 3.63. The molecule has 0 amide bonds. The number of halogens is 2. The molecular formula is C12H18Cl2N2. The highest BCUT2D eigenvalue weighted by atomic mass is 35.5. The summed E-state index contributed by atoms with van der Waals surface area (Å²) in [5.74, 6) is 0.807. The Labute approximate surface area is 107 Å². The van der Waals surface area contributed by atoms with Crippen LogP contribution in [0.5, 0.6) is 0 Å². The minimum absolute atomic E-state index is 0.356. The average Bonchev–Trinajstić information content (AvgIpc) is 2.25. The topological polar surface area (TPSA) is 52.0 Å². The molecule has 0 bridgehead atoms. The van der Waals surface area contributed by atoms with Gasteiger partial charge in [0.2, 0.25) is 0 Å². The van der Waals surface area contributed by atoms with Crippen LogP contribution in [0.4, 0.5) is 0 Å². The van der Waals surface area contributed by atoms with Crippen LogP contribution in [0.3, 0.4) is 0 Å². The van der Waals surface area contributed by atoms with Gasteiger partial charge < -0.3 is 11.5 Å². The Hall–Kier alpha value is -0.280. The summed E-state index contributed by atoms with van der Waals surface area (Å²) in [5.41, 5.74) is 12.5. The number of hydrogen-bond donors (Lipinski definition) is 2. The molecule has 1 aromatic rings. The van der Waals surface area contributed by atoms with E-state index < -0.39 is 0 Å². The van der Waals surface area contributed by atoms with Crippen molar-refractivity contribution in [2.45, 2.75) is 13.3 Å². The minimum Gasteiger partial charge on any atom is -0.330 e. The van der Waals surface area contributed by atoms with Crippen LogP contribution in [-0.2, 0) is 6.42 Å². The molecule has 90 valence electrons. The Bertz CT molecular complexity index is 338. The van der Waals surface area contributed by atoms with Gasteiger partial charge in [0.05, 0.1) is 10.0 Å². The Balaban J connectivity index is 2.69. The van der Waals surface area contributed by atoms with Crippen LogP contribution in [0.1, 0.15) is 12.5 Å². The van der Waals surface area contributed by atoms with E-state index in [1.807, 2.05) is 18.2 Å². The summed E-state index contributed by atoms with van der Waals surface area (Å²) in [4.78, 5) is 0. The lowest BCUT2D eigenvalue weighted by molar-refractivity contribution is 0.372. The maximum Gasteiger partial charge on any atom is 0.0595 e. The van der Waals surface area contributed by atoms with Crippen LogP contribution >= 0.6 is 23.2 Å². The molecule has 0 aliphatic rings. The number of nitrogens with two attached hydrogens (primary N) is 2. The molecule has 0 heterocycles. The van der Waals surface area contributed by atoms with Crippen molar-refractivity contribution in [1.29, 1.82) is 0 Å². The highest BCUT2D eigenvalue weighted by Crippen LogP contribution is 2.25. The molecule has 4 heteroatoms. The maximum absolute atomic E-state index is 5.96. The lowest BCUT2D eigenvalue weighted by atomic mass is 9.88. The van der Waals surface area contributed by atoms with E-state index in [-0.39, 0.29) is 0 Å². The van der Waals surface area contributed by atoms with E-state index in [1.165, 1.54) is 5.56 Å². The Kier molecular flexibility index (Phi) is 5.56. The van der Waals surface area contributed by atoms with E-state index in [0.29, 0.717) is 35.0 Å². The Morgan fingerprint density at radius 3 is 2.25 bits per heavy atom. The molecule has 4 N–H and O–H groups in total. The average molecular weight is 261 g/mol. The summed E-state index contributed by atoms with van der Waals surface area (Å²) < 4.78 is 0. The maximum atomic E-state index is 5.96. The molecule has 0 saturated heterocycles. The Morgan fingerprint density at radius 1 is 1.12 bits per heavy atom. The molecule has 0 spiro atoms. The van der Waals surface area contributed by atoms with E-state index in [4.69, 9.17) is 34.7 Å². The third-order valence-corrected chi connectivity index (χ3v) is 3.69. The smallest absolute Gasteiger partial charge is 0.0595 e. The first-order valence-electron chi connectivity index (χ1n) is 5.42. The zero-order valence-electron chi connectivity index (χ0n) is 9.42. The fourth-order valence-electron chi connectivity index (χ4n) is 1.77. The summed E-state index contributed by atoms with van der Waals surface area (Å²) >= 11 is 11.8. The lowest BCUT2D eigenvalue weighted by Crippen LogP contribution is -2.30. The quantitative estimate of drug-likeness (QED) is 0.856. The second-order valence-corrected chi connectivity index (χ2v) is 4.98. The predicted octanol–water partition coefficient (Wildman–Crippen LogP) is 2.71. The van der Waals surface area contributed by atoms with E-state index in [0.717, 1.165) is 6.42 Å². The number of hydrogen-bond acceptors (Lipinski definition) is 2. The molecule has 0 aliphatic heterocycles. The highest BCUT2D eigenvalue weighted by molar-refractivity contribution is 6.42. The van der Waals surface area contributed by atoms with Crippen molar-refractivity contribution >= 4 is 23.2 Å². The van der Waals surface area contributed by atoms with Crippen molar-refractivity contribution in [3.8, 4) is 0 Å². The van der Waals surface area contributed by atoms with Crippen LogP contribution in [0, 0.1) is 11.8 Å². The van der Waals surface area contributed by atoms with Gasteiger partial charge in [0.1, 0.15) is 0 Å². The summed E-state index contributed by atoms with van der Waals surface area (Å²) in [6.45, 7) is 3.41. The first kappa shape index (κ1) is 13.8. The van der Waals surface area contributed by atoms with E-state index in [2.05, 4.69) is 6.92 Å². The van der Waals surface area contributed by atoms with Crippen molar-refractivity contribution in [2.24, 2.45) is 23.3 Å². The Morgan fingerprint density at radius 2 is 1.75 bits per heavy atom. The summed E-state index contributed by atoms with van der Waals surface area (Å²) in [6.07, 6.45) is 0.927. The van der Waals surface area contributed by atoms with Gasteiger partial charge in [-0.15, -0.1) is 0 Å². The van der Waals surface area contributed by atoms with Gasteiger partial charge in [-0.2, -0.15) is 0 Å². The van der Waals surface area contributed by atoms with Crippen molar-refractivity contribution in [1.82, 2.24) is 0 Å². The zero-order chi connectivity index (χ0) is 12.1. The standard InChI is InChI=1S/C12H18Cl2N2/c1-8(10(6-15)7-16)4-9-2-3-11(13)12(14)5-9/h2-3,5,8,10H,4,6-7,15-16H2,1H3. The molecule has 1 atom stereocenters. The van der Waals surface area contributed by atoms with Crippen molar-refractivity contribution < 1.29 is 0 Å². The second-order valence-electron chi connectivity index (χ2n) is 4.16. The van der Waals surface area contributed by atoms with Crippen LogP contribution in [0.15, 0.2) is 18.2 Å². The SMILES string of the molecule is CC(Cc1ccc(Cl)c(Cl)c1)C(CN)CN. The van der Waals surface area contributed by atoms with Gasteiger partial charge in [-0.05, 0) is 49.0 Å². The van der Waals surface area contributed by atoms with Crippen molar-refractivity contribution in [3.05, 3.63) is 33.8 Å². The van der Waals surface area contributed by atoms with Gasteiger partial charge in [-0.1, -0.05) is 36.2 Å². The van der Waals surface area contributed by atoms with Crippen LogP contribution in [0.2, 0.25) is 10.0 Å². The molecule has 2 nitrogen and oxygen atoms in total. The molecule has 0 aromatic heterocycles.